The Labute approximate surface area is 97.5 Å². The maximum atomic E-state index is 10.5. The van der Waals surface area contributed by atoms with Gasteiger partial charge in [-0.25, -0.2) is 0 Å². The van der Waals surface area contributed by atoms with E-state index in [-0.39, 0.29) is 16.8 Å². The summed E-state index contributed by atoms with van der Waals surface area (Å²) in [7, 11) is 0. The molecule has 86 valence electrons. The van der Waals surface area contributed by atoms with Gasteiger partial charge in [0, 0.05) is 18.7 Å². The lowest BCUT2D eigenvalue weighted by molar-refractivity contribution is -0.384. The molecule has 1 N–H and O–H groups in total. The Kier molecular flexibility index (Phi) is 3.26. The Balaban J connectivity index is 2.11. The molecule has 0 aromatic heterocycles. The first-order chi connectivity index (χ1) is 7.66. The van der Waals surface area contributed by atoms with E-state index in [0.29, 0.717) is 5.75 Å². The van der Waals surface area contributed by atoms with E-state index in [2.05, 4.69) is 5.32 Å². The highest BCUT2D eigenvalue weighted by Crippen LogP contribution is 2.29. The molecular weight excluding hydrogens is 232 g/mol. The number of rotatable bonds is 3. The van der Waals surface area contributed by atoms with Crippen molar-refractivity contribution in [1.29, 1.82) is 0 Å². The van der Waals surface area contributed by atoms with Gasteiger partial charge >= 0.3 is 0 Å². The lowest BCUT2D eigenvalue weighted by atomic mass is 10.3. The number of hydrogen-bond donors (Lipinski definition) is 1. The monoisotopic (exact) mass is 242 g/mol. The van der Waals surface area contributed by atoms with Gasteiger partial charge in [0.25, 0.3) is 5.69 Å². The first-order valence-electron chi connectivity index (χ1n) is 4.98. The molecule has 0 aliphatic carbocycles. The van der Waals surface area contributed by atoms with Gasteiger partial charge in [0.05, 0.1) is 4.92 Å². The van der Waals surface area contributed by atoms with E-state index < -0.39 is 4.92 Å². The van der Waals surface area contributed by atoms with Crippen molar-refractivity contribution in [3.05, 3.63) is 33.3 Å². The summed E-state index contributed by atoms with van der Waals surface area (Å²) in [6, 6.07) is 4.42. The molecule has 0 unspecified atom stereocenters. The summed E-state index contributed by atoms with van der Waals surface area (Å²) in [5.74, 6) is 0.573. The molecule has 16 heavy (non-hydrogen) atoms. The summed E-state index contributed by atoms with van der Waals surface area (Å²) in [5.41, 5.74) is -0.0986. The molecule has 0 amide bonds. The van der Waals surface area contributed by atoms with E-state index in [4.69, 9.17) is 16.3 Å². The van der Waals surface area contributed by atoms with Crippen LogP contribution in [0.5, 0.6) is 5.75 Å². The highest BCUT2D eigenvalue weighted by atomic mass is 35.5. The van der Waals surface area contributed by atoms with Gasteiger partial charge in [-0.05, 0) is 19.0 Å². The maximum absolute atomic E-state index is 10.5. The Hall–Kier alpha value is -1.33. The average molecular weight is 243 g/mol. The Bertz CT molecular complexity index is 405. The summed E-state index contributed by atoms with van der Waals surface area (Å²) in [5, 5.41) is 13.8. The topological polar surface area (TPSA) is 64.4 Å². The zero-order valence-corrected chi connectivity index (χ0v) is 9.24. The van der Waals surface area contributed by atoms with Crippen LogP contribution >= 0.6 is 11.6 Å². The van der Waals surface area contributed by atoms with E-state index in [9.17, 15) is 10.1 Å². The van der Waals surface area contributed by atoms with Gasteiger partial charge < -0.3 is 10.1 Å². The summed E-state index contributed by atoms with van der Waals surface area (Å²) >= 11 is 5.77. The van der Waals surface area contributed by atoms with E-state index in [1.54, 1.807) is 6.07 Å². The number of nitro benzene ring substituents is 1. The standard InChI is InChI=1S/C10H11ClN2O3/c11-9-5-7(1-2-10(9)13(14)15)16-8-3-4-12-6-8/h1-2,5,8,12H,3-4,6H2/t8-/m0/s1. The second kappa shape index (κ2) is 4.67. The van der Waals surface area contributed by atoms with Crippen LogP contribution in [0.3, 0.4) is 0 Å². The van der Waals surface area contributed by atoms with Crippen molar-refractivity contribution in [2.45, 2.75) is 12.5 Å². The van der Waals surface area contributed by atoms with Gasteiger partial charge in [0.1, 0.15) is 16.9 Å². The van der Waals surface area contributed by atoms with Crippen LogP contribution in [0.2, 0.25) is 5.02 Å². The zero-order valence-electron chi connectivity index (χ0n) is 8.48. The van der Waals surface area contributed by atoms with Crippen LogP contribution in [0.15, 0.2) is 18.2 Å². The molecule has 1 aliphatic heterocycles. The first kappa shape index (κ1) is 11.2. The molecular formula is C10H11ClN2O3. The van der Waals surface area contributed by atoms with Gasteiger partial charge in [0.2, 0.25) is 0 Å². The predicted octanol–water partition coefficient (Wildman–Crippen LogP) is 1.99. The van der Waals surface area contributed by atoms with Crippen molar-refractivity contribution in [3.63, 3.8) is 0 Å². The molecule has 1 atom stereocenters. The molecule has 1 heterocycles. The molecule has 0 spiro atoms. The fourth-order valence-electron chi connectivity index (χ4n) is 1.63. The minimum Gasteiger partial charge on any atom is -0.489 e. The molecule has 2 rings (SSSR count). The number of halogens is 1. The van der Waals surface area contributed by atoms with E-state index >= 15 is 0 Å². The van der Waals surface area contributed by atoms with Crippen LogP contribution < -0.4 is 10.1 Å². The number of hydrogen-bond acceptors (Lipinski definition) is 4. The second-order valence-electron chi connectivity index (χ2n) is 3.60. The van der Waals surface area contributed by atoms with Crippen LogP contribution in [0.25, 0.3) is 0 Å². The van der Waals surface area contributed by atoms with Crippen LogP contribution in [0.4, 0.5) is 5.69 Å². The number of nitro groups is 1. The molecule has 0 bridgehead atoms. The first-order valence-corrected chi connectivity index (χ1v) is 5.36. The third kappa shape index (κ3) is 2.43. The fraction of sp³-hybridized carbons (Fsp3) is 0.400. The molecule has 1 saturated heterocycles. The number of ether oxygens (including phenoxy) is 1. The molecule has 1 fully saturated rings. The molecule has 1 aromatic carbocycles. The van der Waals surface area contributed by atoms with Crippen molar-refractivity contribution in [1.82, 2.24) is 5.32 Å². The SMILES string of the molecule is O=[N+]([O-])c1ccc(O[C@H]2CCNC2)cc1Cl. The number of benzene rings is 1. The normalized spacial score (nSPS) is 19.7. The number of nitrogens with zero attached hydrogens (tertiary/aromatic N) is 1. The van der Waals surface area contributed by atoms with E-state index in [1.807, 2.05) is 0 Å². The Morgan fingerprint density at radius 2 is 2.38 bits per heavy atom. The second-order valence-corrected chi connectivity index (χ2v) is 4.01. The molecule has 1 aromatic rings. The van der Waals surface area contributed by atoms with Crippen molar-refractivity contribution >= 4 is 17.3 Å². The lowest BCUT2D eigenvalue weighted by Crippen LogP contribution is -2.19. The van der Waals surface area contributed by atoms with Crippen molar-refractivity contribution in [2.24, 2.45) is 0 Å². The molecule has 0 saturated carbocycles. The van der Waals surface area contributed by atoms with Crippen molar-refractivity contribution < 1.29 is 9.66 Å². The predicted molar refractivity (Wildman–Crippen MR) is 60.0 cm³/mol. The average Bonchev–Trinajstić information content (AvgIpc) is 2.70. The van der Waals surface area contributed by atoms with Crippen LogP contribution in [-0.4, -0.2) is 24.1 Å². The largest absolute Gasteiger partial charge is 0.489 e. The smallest absolute Gasteiger partial charge is 0.288 e. The minimum atomic E-state index is -0.511. The van der Waals surface area contributed by atoms with Crippen LogP contribution in [0, 0.1) is 10.1 Å². The van der Waals surface area contributed by atoms with Crippen LogP contribution in [-0.2, 0) is 0 Å². The summed E-state index contributed by atoms with van der Waals surface area (Å²) in [4.78, 5) is 10.0. The molecule has 6 heteroatoms. The van der Waals surface area contributed by atoms with Crippen LogP contribution in [0.1, 0.15) is 6.42 Å². The Morgan fingerprint density at radius 1 is 1.56 bits per heavy atom. The minimum absolute atomic E-state index is 0.0986. The quantitative estimate of drug-likeness (QED) is 0.650. The summed E-state index contributed by atoms with van der Waals surface area (Å²) < 4.78 is 5.62. The van der Waals surface area contributed by atoms with E-state index in [1.165, 1.54) is 12.1 Å². The zero-order chi connectivity index (χ0) is 11.5. The summed E-state index contributed by atoms with van der Waals surface area (Å²) in [6.07, 6.45) is 1.06. The van der Waals surface area contributed by atoms with Gasteiger partial charge in [-0.3, -0.25) is 10.1 Å². The van der Waals surface area contributed by atoms with Crippen molar-refractivity contribution in [2.75, 3.05) is 13.1 Å². The third-order valence-electron chi connectivity index (χ3n) is 2.43. The third-order valence-corrected chi connectivity index (χ3v) is 2.74. The summed E-state index contributed by atoms with van der Waals surface area (Å²) in [6.45, 7) is 1.74. The van der Waals surface area contributed by atoms with Gasteiger partial charge in [-0.1, -0.05) is 11.6 Å². The van der Waals surface area contributed by atoms with E-state index in [0.717, 1.165) is 19.5 Å². The highest BCUT2D eigenvalue weighted by Gasteiger charge is 2.18. The fourth-order valence-corrected chi connectivity index (χ4v) is 1.87. The molecule has 5 nitrogen and oxygen atoms in total. The number of nitrogens with one attached hydrogen (secondary N) is 1. The van der Waals surface area contributed by atoms with Crippen molar-refractivity contribution in [3.8, 4) is 5.75 Å². The Morgan fingerprint density at radius 3 is 2.94 bits per heavy atom. The maximum Gasteiger partial charge on any atom is 0.288 e. The lowest BCUT2D eigenvalue weighted by Gasteiger charge is -2.12. The molecule has 0 radical (unpaired) electrons. The van der Waals surface area contributed by atoms with Gasteiger partial charge in [-0.2, -0.15) is 0 Å². The van der Waals surface area contributed by atoms with Gasteiger partial charge in [0.15, 0.2) is 0 Å². The van der Waals surface area contributed by atoms with Gasteiger partial charge in [-0.15, -0.1) is 0 Å². The molecule has 1 aliphatic rings. The highest BCUT2D eigenvalue weighted by molar-refractivity contribution is 6.32.